The number of guanidine groups is 1. The minimum Gasteiger partial charge on any atom is -0.357 e. The standard InChI is InChI=1S/C17H32N6S.HI/c1-5-18-17(19-7-6-16-20-13-15(3)24-16)21-12-14(2)23-10-8-22(4)9-11-23;/h13-14H,5-12H2,1-4H3,(H2,18,19,21);1H. The van der Waals surface area contributed by atoms with Crippen LogP contribution in [-0.2, 0) is 6.42 Å². The highest BCUT2D eigenvalue weighted by molar-refractivity contribution is 14.0. The zero-order valence-electron chi connectivity index (χ0n) is 15.9. The first-order valence-electron chi connectivity index (χ1n) is 8.94. The topological polar surface area (TPSA) is 55.8 Å². The summed E-state index contributed by atoms with van der Waals surface area (Å²) in [4.78, 5) is 15.4. The number of aromatic nitrogens is 1. The number of hydrogen-bond donors (Lipinski definition) is 2. The van der Waals surface area contributed by atoms with Gasteiger partial charge < -0.3 is 15.5 Å². The van der Waals surface area contributed by atoms with Crippen LogP contribution in [0.5, 0.6) is 0 Å². The molecule has 8 heteroatoms. The Labute approximate surface area is 173 Å². The van der Waals surface area contributed by atoms with Gasteiger partial charge in [0.25, 0.3) is 0 Å². The lowest BCUT2D eigenvalue weighted by Gasteiger charge is -2.35. The molecule has 1 aromatic rings. The summed E-state index contributed by atoms with van der Waals surface area (Å²) in [6.07, 6.45) is 2.88. The molecule has 2 N–H and O–H groups in total. The largest absolute Gasteiger partial charge is 0.357 e. The van der Waals surface area contributed by atoms with Gasteiger partial charge in [-0.2, -0.15) is 0 Å². The Hall–Kier alpha value is -0.450. The molecule has 25 heavy (non-hydrogen) atoms. The highest BCUT2D eigenvalue weighted by atomic mass is 127. The third-order valence-corrected chi connectivity index (χ3v) is 5.29. The molecule has 1 aliphatic heterocycles. The van der Waals surface area contributed by atoms with E-state index in [9.17, 15) is 0 Å². The number of aryl methyl sites for hydroxylation is 1. The van der Waals surface area contributed by atoms with Crippen LogP contribution in [0.25, 0.3) is 0 Å². The minimum atomic E-state index is 0. The van der Waals surface area contributed by atoms with Crippen LogP contribution in [0.4, 0.5) is 0 Å². The Balaban J connectivity index is 0.00000312. The molecular formula is C17H33IN6S. The molecule has 0 aliphatic carbocycles. The number of thiazole rings is 1. The zero-order chi connectivity index (χ0) is 17.4. The molecule has 0 radical (unpaired) electrons. The first-order chi connectivity index (χ1) is 11.6. The Kier molecular flexibility index (Phi) is 10.9. The Bertz CT molecular complexity index is 513. The van der Waals surface area contributed by atoms with E-state index >= 15 is 0 Å². The van der Waals surface area contributed by atoms with Crippen LogP contribution in [0.2, 0.25) is 0 Å². The highest BCUT2D eigenvalue weighted by Gasteiger charge is 2.18. The first-order valence-corrected chi connectivity index (χ1v) is 9.76. The molecule has 6 nitrogen and oxygen atoms in total. The molecule has 2 heterocycles. The van der Waals surface area contributed by atoms with Gasteiger partial charge in [-0.3, -0.25) is 9.89 Å². The smallest absolute Gasteiger partial charge is 0.191 e. The van der Waals surface area contributed by atoms with Gasteiger partial charge in [0.2, 0.25) is 0 Å². The summed E-state index contributed by atoms with van der Waals surface area (Å²) < 4.78 is 0. The Morgan fingerprint density at radius 2 is 2.04 bits per heavy atom. The van der Waals surface area contributed by atoms with Crippen molar-refractivity contribution < 1.29 is 0 Å². The van der Waals surface area contributed by atoms with Crippen LogP contribution in [0, 0.1) is 6.92 Å². The quantitative estimate of drug-likeness (QED) is 0.354. The second kappa shape index (κ2) is 12.0. The molecule has 1 fully saturated rings. The Morgan fingerprint density at radius 3 is 2.64 bits per heavy atom. The van der Waals surface area contributed by atoms with Gasteiger partial charge in [-0.15, -0.1) is 35.3 Å². The van der Waals surface area contributed by atoms with Gasteiger partial charge in [0, 0.05) is 62.8 Å². The molecular weight excluding hydrogens is 447 g/mol. The van der Waals surface area contributed by atoms with Crippen LogP contribution >= 0.6 is 35.3 Å². The lowest BCUT2D eigenvalue weighted by molar-refractivity contribution is 0.122. The van der Waals surface area contributed by atoms with E-state index in [1.54, 1.807) is 11.3 Å². The molecule has 144 valence electrons. The first kappa shape index (κ1) is 22.6. The minimum absolute atomic E-state index is 0. The van der Waals surface area contributed by atoms with Crippen molar-refractivity contribution in [1.29, 1.82) is 0 Å². The van der Waals surface area contributed by atoms with Gasteiger partial charge in [0.05, 0.1) is 11.6 Å². The molecule has 0 spiro atoms. The number of rotatable bonds is 7. The van der Waals surface area contributed by atoms with Gasteiger partial charge in [-0.1, -0.05) is 0 Å². The maximum absolute atomic E-state index is 4.77. The molecule has 0 aromatic carbocycles. The normalized spacial score (nSPS) is 17.8. The number of hydrogen-bond acceptors (Lipinski definition) is 5. The van der Waals surface area contributed by atoms with E-state index in [1.807, 2.05) is 6.20 Å². The molecule has 1 atom stereocenters. The van der Waals surface area contributed by atoms with E-state index < -0.39 is 0 Å². The monoisotopic (exact) mass is 480 g/mol. The van der Waals surface area contributed by atoms with Crippen molar-refractivity contribution in [1.82, 2.24) is 25.4 Å². The fraction of sp³-hybridized carbons (Fsp3) is 0.765. The highest BCUT2D eigenvalue weighted by Crippen LogP contribution is 2.11. The van der Waals surface area contributed by atoms with Gasteiger partial charge in [0.15, 0.2) is 5.96 Å². The molecule has 1 aliphatic rings. The molecule has 0 saturated carbocycles. The summed E-state index contributed by atoms with van der Waals surface area (Å²) in [5, 5.41) is 7.94. The van der Waals surface area contributed by atoms with Crippen LogP contribution in [0.3, 0.4) is 0 Å². The predicted octanol–water partition coefficient (Wildman–Crippen LogP) is 1.80. The molecule has 0 bridgehead atoms. The maximum atomic E-state index is 4.77. The van der Waals surface area contributed by atoms with Crippen molar-refractivity contribution in [3.8, 4) is 0 Å². The summed E-state index contributed by atoms with van der Waals surface area (Å²) in [7, 11) is 2.19. The third kappa shape index (κ3) is 8.19. The van der Waals surface area contributed by atoms with Gasteiger partial charge in [-0.25, -0.2) is 4.98 Å². The van der Waals surface area contributed by atoms with Crippen molar-refractivity contribution in [3.63, 3.8) is 0 Å². The number of nitrogens with one attached hydrogen (secondary N) is 2. The van der Waals surface area contributed by atoms with E-state index in [0.717, 1.165) is 58.2 Å². The summed E-state index contributed by atoms with van der Waals surface area (Å²) in [5.41, 5.74) is 0. The van der Waals surface area contributed by atoms with E-state index in [-0.39, 0.29) is 24.0 Å². The fourth-order valence-corrected chi connectivity index (χ4v) is 3.53. The molecule has 1 aromatic heterocycles. The molecule has 2 rings (SSSR count). The SMILES string of the molecule is CCNC(=NCC(C)N1CCN(C)CC1)NCCc1ncc(C)s1.I. The van der Waals surface area contributed by atoms with Crippen LogP contribution in [-0.4, -0.2) is 79.6 Å². The molecule has 1 saturated heterocycles. The lowest BCUT2D eigenvalue weighted by atomic mass is 10.2. The van der Waals surface area contributed by atoms with E-state index in [0.29, 0.717) is 6.04 Å². The van der Waals surface area contributed by atoms with E-state index in [2.05, 4.69) is 53.2 Å². The predicted molar refractivity (Wildman–Crippen MR) is 118 cm³/mol. The Morgan fingerprint density at radius 1 is 1.32 bits per heavy atom. The van der Waals surface area contributed by atoms with E-state index in [4.69, 9.17) is 4.99 Å². The third-order valence-electron chi connectivity index (χ3n) is 4.32. The molecule has 0 amide bonds. The van der Waals surface area contributed by atoms with Crippen molar-refractivity contribution in [2.75, 3.05) is 52.9 Å². The van der Waals surface area contributed by atoms with Gasteiger partial charge >= 0.3 is 0 Å². The number of piperazine rings is 1. The zero-order valence-corrected chi connectivity index (χ0v) is 19.1. The summed E-state index contributed by atoms with van der Waals surface area (Å²) >= 11 is 1.77. The van der Waals surface area contributed by atoms with E-state index in [1.165, 1.54) is 9.88 Å². The average Bonchev–Trinajstić information content (AvgIpc) is 2.98. The summed E-state index contributed by atoms with van der Waals surface area (Å²) in [6, 6.07) is 0.482. The van der Waals surface area contributed by atoms with Crippen LogP contribution in [0.1, 0.15) is 23.7 Å². The van der Waals surface area contributed by atoms with Gasteiger partial charge in [0.1, 0.15) is 0 Å². The number of likely N-dealkylation sites (N-methyl/N-ethyl adjacent to an activating group) is 1. The van der Waals surface area contributed by atoms with Crippen LogP contribution < -0.4 is 10.6 Å². The second-order valence-corrected chi connectivity index (χ2v) is 7.77. The van der Waals surface area contributed by atoms with Crippen molar-refractivity contribution in [2.24, 2.45) is 4.99 Å². The lowest BCUT2D eigenvalue weighted by Crippen LogP contribution is -2.49. The number of nitrogens with zero attached hydrogens (tertiary/aromatic N) is 4. The van der Waals surface area contributed by atoms with Crippen molar-refractivity contribution >= 4 is 41.3 Å². The molecule has 1 unspecified atom stereocenters. The number of aliphatic imine (C=N–C) groups is 1. The van der Waals surface area contributed by atoms with Crippen LogP contribution in [0.15, 0.2) is 11.2 Å². The maximum Gasteiger partial charge on any atom is 0.191 e. The van der Waals surface area contributed by atoms with Gasteiger partial charge in [-0.05, 0) is 27.8 Å². The second-order valence-electron chi connectivity index (χ2n) is 6.45. The van der Waals surface area contributed by atoms with Crippen molar-refractivity contribution in [3.05, 3.63) is 16.1 Å². The number of halogens is 1. The fourth-order valence-electron chi connectivity index (χ4n) is 2.75. The summed E-state index contributed by atoms with van der Waals surface area (Å²) in [6.45, 7) is 13.6. The van der Waals surface area contributed by atoms with Crippen molar-refractivity contribution in [2.45, 2.75) is 33.2 Å². The summed E-state index contributed by atoms with van der Waals surface area (Å²) in [5.74, 6) is 0.909. The average molecular weight is 480 g/mol.